The lowest BCUT2D eigenvalue weighted by Gasteiger charge is -2.29. The monoisotopic (exact) mass is 373 g/mol. The zero-order chi connectivity index (χ0) is 18.5. The molecule has 1 heterocycles. The summed E-state index contributed by atoms with van der Waals surface area (Å²) in [6, 6.07) is 9.38. The Hall–Kier alpha value is -2.34. The number of nitrogens with zero attached hydrogens (tertiary/aromatic N) is 3. The summed E-state index contributed by atoms with van der Waals surface area (Å²) < 4.78 is 0. The molecule has 1 aliphatic carbocycles. The van der Waals surface area contributed by atoms with Gasteiger partial charge in [0.1, 0.15) is 5.82 Å². The SMILES string of the molecule is CN(C)c1ccnc(NC2CCC(NC(=O)c3ccc(Cl)cc3)CC2)n1. The molecule has 138 valence electrons. The lowest BCUT2D eigenvalue weighted by Crippen LogP contribution is -2.40. The molecule has 7 heteroatoms. The molecule has 2 N–H and O–H groups in total. The second-order valence-electron chi connectivity index (χ2n) is 6.81. The van der Waals surface area contributed by atoms with Crippen molar-refractivity contribution in [2.24, 2.45) is 0 Å². The number of halogens is 1. The molecular formula is C19H24ClN5O. The topological polar surface area (TPSA) is 70.2 Å². The van der Waals surface area contributed by atoms with Crippen molar-refractivity contribution in [1.29, 1.82) is 0 Å². The Bertz CT molecular complexity index is 742. The molecule has 0 spiro atoms. The van der Waals surface area contributed by atoms with E-state index in [1.807, 2.05) is 25.1 Å². The highest BCUT2D eigenvalue weighted by molar-refractivity contribution is 6.30. The maximum absolute atomic E-state index is 12.3. The average molecular weight is 374 g/mol. The van der Waals surface area contributed by atoms with E-state index >= 15 is 0 Å². The van der Waals surface area contributed by atoms with E-state index in [1.165, 1.54) is 0 Å². The zero-order valence-corrected chi connectivity index (χ0v) is 15.8. The smallest absolute Gasteiger partial charge is 0.251 e. The summed E-state index contributed by atoms with van der Waals surface area (Å²) in [6.45, 7) is 0. The standard InChI is InChI=1S/C19H24ClN5O/c1-25(2)17-11-12-21-19(24-17)23-16-9-7-15(8-10-16)22-18(26)13-3-5-14(20)6-4-13/h3-6,11-12,15-16H,7-10H2,1-2H3,(H,22,26)(H,21,23,24). The Morgan fingerprint density at radius 1 is 1.08 bits per heavy atom. The van der Waals surface area contributed by atoms with E-state index in [4.69, 9.17) is 11.6 Å². The fourth-order valence-corrected chi connectivity index (χ4v) is 3.23. The molecule has 0 saturated heterocycles. The molecule has 1 saturated carbocycles. The summed E-state index contributed by atoms with van der Waals surface area (Å²) in [7, 11) is 3.92. The molecule has 1 fully saturated rings. The molecule has 2 aromatic rings. The van der Waals surface area contributed by atoms with E-state index in [9.17, 15) is 4.79 Å². The van der Waals surface area contributed by atoms with Gasteiger partial charge in [-0.1, -0.05) is 11.6 Å². The maximum Gasteiger partial charge on any atom is 0.251 e. The van der Waals surface area contributed by atoms with Crippen molar-refractivity contribution in [2.75, 3.05) is 24.3 Å². The number of carbonyl (C=O) groups is 1. The number of rotatable bonds is 5. The van der Waals surface area contributed by atoms with Crippen molar-refractivity contribution in [3.63, 3.8) is 0 Å². The van der Waals surface area contributed by atoms with Gasteiger partial charge in [-0.3, -0.25) is 4.79 Å². The molecule has 1 amide bonds. The first-order valence-electron chi connectivity index (χ1n) is 8.84. The van der Waals surface area contributed by atoms with Gasteiger partial charge in [-0.25, -0.2) is 4.98 Å². The third-order valence-electron chi connectivity index (χ3n) is 4.60. The highest BCUT2D eigenvalue weighted by Crippen LogP contribution is 2.22. The zero-order valence-electron chi connectivity index (χ0n) is 15.1. The fraction of sp³-hybridized carbons (Fsp3) is 0.421. The highest BCUT2D eigenvalue weighted by atomic mass is 35.5. The van der Waals surface area contributed by atoms with Gasteiger partial charge >= 0.3 is 0 Å². The molecule has 26 heavy (non-hydrogen) atoms. The lowest BCUT2D eigenvalue weighted by molar-refractivity contribution is 0.0926. The van der Waals surface area contributed by atoms with Gasteiger partial charge in [0.05, 0.1) is 0 Å². The van der Waals surface area contributed by atoms with Gasteiger partial charge in [-0.05, 0) is 56.0 Å². The van der Waals surface area contributed by atoms with Gasteiger partial charge in [0.15, 0.2) is 0 Å². The van der Waals surface area contributed by atoms with Crippen LogP contribution in [0.3, 0.4) is 0 Å². The summed E-state index contributed by atoms with van der Waals surface area (Å²) in [5.74, 6) is 1.50. The van der Waals surface area contributed by atoms with Crippen LogP contribution in [0.15, 0.2) is 36.5 Å². The number of benzene rings is 1. The van der Waals surface area contributed by atoms with Crippen molar-refractivity contribution in [1.82, 2.24) is 15.3 Å². The van der Waals surface area contributed by atoms with E-state index < -0.39 is 0 Å². The Balaban J connectivity index is 1.49. The quantitative estimate of drug-likeness (QED) is 0.841. The second-order valence-corrected chi connectivity index (χ2v) is 7.24. The molecular weight excluding hydrogens is 350 g/mol. The summed E-state index contributed by atoms with van der Waals surface area (Å²) in [6.07, 6.45) is 5.58. The van der Waals surface area contributed by atoms with Gasteiger partial charge < -0.3 is 15.5 Å². The second kappa shape index (κ2) is 8.36. The highest BCUT2D eigenvalue weighted by Gasteiger charge is 2.23. The van der Waals surface area contributed by atoms with E-state index in [-0.39, 0.29) is 11.9 Å². The molecule has 0 radical (unpaired) electrons. The van der Waals surface area contributed by atoms with Gasteiger partial charge in [0.2, 0.25) is 5.95 Å². The number of hydrogen-bond acceptors (Lipinski definition) is 5. The minimum atomic E-state index is -0.0416. The van der Waals surface area contributed by atoms with E-state index in [1.54, 1.807) is 30.5 Å². The predicted molar refractivity (Wildman–Crippen MR) is 105 cm³/mol. The maximum atomic E-state index is 12.3. The number of amides is 1. The molecule has 6 nitrogen and oxygen atoms in total. The molecule has 0 unspecified atom stereocenters. The minimum absolute atomic E-state index is 0.0416. The van der Waals surface area contributed by atoms with Gasteiger partial charge in [0.25, 0.3) is 5.91 Å². The van der Waals surface area contributed by atoms with Crippen LogP contribution in [0, 0.1) is 0 Å². The number of aromatic nitrogens is 2. The van der Waals surface area contributed by atoms with Crippen molar-refractivity contribution < 1.29 is 4.79 Å². The molecule has 1 aliphatic rings. The molecule has 0 bridgehead atoms. The van der Waals surface area contributed by atoms with Crippen LogP contribution in [0.1, 0.15) is 36.0 Å². The van der Waals surface area contributed by atoms with Crippen molar-refractivity contribution >= 4 is 29.3 Å². The Morgan fingerprint density at radius 2 is 1.73 bits per heavy atom. The first-order chi connectivity index (χ1) is 12.5. The van der Waals surface area contributed by atoms with Crippen LogP contribution >= 0.6 is 11.6 Å². The number of carbonyl (C=O) groups excluding carboxylic acids is 1. The first-order valence-corrected chi connectivity index (χ1v) is 9.22. The summed E-state index contributed by atoms with van der Waals surface area (Å²) in [5.41, 5.74) is 0.642. The molecule has 1 aromatic carbocycles. The molecule has 0 aliphatic heterocycles. The van der Waals surface area contributed by atoms with Crippen LogP contribution in [0.2, 0.25) is 5.02 Å². The molecule has 3 rings (SSSR count). The van der Waals surface area contributed by atoms with Crippen molar-refractivity contribution in [2.45, 2.75) is 37.8 Å². The van der Waals surface area contributed by atoms with Crippen LogP contribution in [-0.2, 0) is 0 Å². The van der Waals surface area contributed by atoms with E-state index in [0.717, 1.165) is 31.5 Å². The van der Waals surface area contributed by atoms with Gasteiger partial charge in [-0.2, -0.15) is 4.98 Å². The number of nitrogens with one attached hydrogen (secondary N) is 2. The van der Waals surface area contributed by atoms with E-state index in [0.29, 0.717) is 22.6 Å². The normalized spacial score (nSPS) is 19.7. The minimum Gasteiger partial charge on any atom is -0.363 e. The Kier molecular flexibility index (Phi) is 5.93. The number of hydrogen-bond donors (Lipinski definition) is 2. The summed E-state index contributed by atoms with van der Waals surface area (Å²) in [5, 5.41) is 7.16. The van der Waals surface area contributed by atoms with Crippen LogP contribution in [-0.4, -0.2) is 42.1 Å². The van der Waals surface area contributed by atoms with Gasteiger partial charge in [0, 0.05) is 43.0 Å². The van der Waals surface area contributed by atoms with Crippen LogP contribution in [0.4, 0.5) is 11.8 Å². The third kappa shape index (κ3) is 4.85. The van der Waals surface area contributed by atoms with Crippen LogP contribution in [0.5, 0.6) is 0 Å². The van der Waals surface area contributed by atoms with Crippen LogP contribution in [0.25, 0.3) is 0 Å². The first kappa shape index (κ1) is 18.5. The summed E-state index contributed by atoms with van der Waals surface area (Å²) >= 11 is 5.87. The van der Waals surface area contributed by atoms with Crippen molar-refractivity contribution in [3.05, 3.63) is 47.1 Å². The molecule has 1 aromatic heterocycles. The third-order valence-corrected chi connectivity index (χ3v) is 4.85. The average Bonchev–Trinajstić information content (AvgIpc) is 2.64. The van der Waals surface area contributed by atoms with Gasteiger partial charge in [-0.15, -0.1) is 0 Å². The lowest BCUT2D eigenvalue weighted by atomic mass is 9.91. The Morgan fingerprint density at radius 3 is 2.38 bits per heavy atom. The molecule has 0 atom stereocenters. The largest absolute Gasteiger partial charge is 0.363 e. The summed E-state index contributed by atoms with van der Waals surface area (Å²) in [4.78, 5) is 23.1. The predicted octanol–water partition coefficient (Wildman–Crippen LogP) is 3.35. The van der Waals surface area contributed by atoms with Crippen molar-refractivity contribution in [3.8, 4) is 0 Å². The van der Waals surface area contributed by atoms with E-state index in [2.05, 4.69) is 20.6 Å². The Labute approximate surface area is 159 Å². The fourth-order valence-electron chi connectivity index (χ4n) is 3.10. The van der Waals surface area contributed by atoms with Crippen LogP contribution < -0.4 is 15.5 Å². The number of anilines is 2.